The van der Waals surface area contributed by atoms with Crippen LogP contribution in [0.5, 0.6) is 0 Å². The first-order valence-corrected chi connectivity index (χ1v) is 7.29. The van der Waals surface area contributed by atoms with Gasteiger partial charge in [-0.15, -0.1) is 0 Å². The summed E-state index contributed by atoms with van der Waals surface area (Å²) in [6, 6.07) is 4.27. The van der Waals surface area contributed by atoms with Crippen LogP contribution in [-0.4, -0.2) is 25.4 Å². The van der Waals surface area contributed by atoms with Gasteiger partial charge in [0.1, 0.15) is 5.65 Å². The van der Waals surface area contributed by atoms with Crippen molar-refractivity contribution in [3.05, 3.63) is 48.0 Å². The molecule has 0 aliphatic rings. The van der Waals surface area contributed by atoms with Crippen LogP contribution in [0.1, 0.15) is 18.1 Å². The van der Waals surface area contributed by atoms with Gasteiger partial charge in [-0.1, -0.05) is 0 Å². The molecule has 0 amide bonds. The Bertz CT molecular complexity index is 738. The number of hydrogen-bond acceptors (Lipinski definition) is 3. The van der Waals surface area contributed by atoms with Gasteiger partial charge < -0.3 is 10.3 Å². The molecule has 3 aromatic rings. The molecule has 0 spiro atoms. The molecule has 5 heteroatoms. The van der Waals surface area contributed by atoms with Gasteiger partial charge in [-0.25, -0.2) is 4.98 Å². The Morgan fingerprint density at radius 2 is 2.19 bits per heavy atom. The topological polar surface area (TPSA) is 61.7 Å². The Hall–Kier alpha value is -2.14. The molecule has 3 aromatic heterocycles. The predicted molar refractivity (Wildman–Crippen MR) is 84.0 cm³/mol. The lowest BCUT2D eigenvalue weighted by atomic mass is 10.1. The van der Waals surface area contributed by atoms with Crippen LogP contribution in [0.3, 0.4) is 0 Å². The van der Waals surface area contributed by atoms with E-state index in [-0.39, 0.29) is 6.04 Å². The third-order valence-electron chi connectivity index (χ3n) is 3.66. The van der Waals surface area contributed by atoms with Crippen LogP contribution < -0.4 is 5.73 Å². The maximum absolute atomic E-state index is 5.95. The SMILES string of the molecule is CC(N)Cc1cn(CCc2cnn(C)c2)c2ncccc12. The van der Waals surface area contributed by atoms with Crippen molar-refractivity contribution in [2.75, 3.05) is 0 Å². The highest BCUT2D eigenvalue weighted by Gasteiger charge is 2.10. The second-order valence-corrected chi connectivity index (χ2v) is 5.68. The minimum atomic E-state index is 0.155. The van der Waals surface area contributed by atoms with Crippen molar-refractivity contribution in [3.8, 4) is 0 Å². The lowest BCUT2D eigenvalue weighted by Crippen LogP contribution is -2.17. The largest absolute Gasteiger partial charge is 0.332 e. The molecule has 0 radical (unpaired) electrons. The van der Waals surface area contributed by atoms with Crippen molar-refractivity contribution in [2.45, 2.75) is 32.4 Å². The number of rotatable bonds is 5. The summed E-state index contributed by atoms with van der Waals surface area (Å²) in [5.41, 5.74) is 9.51. The summed E-state index contributed by atoms with van der Waals surface area (Å²) in [5.74, 6) is 0. The molecular formula is C16H21N5. The zero-order valence-electron chi connectivity index (χ0n) is 12.5. The maximum Gasteiger partial charge on any atom is 0.140 e. The molecule has 0 aliphatic carbocycles. The van der Waals surface area contributed by atoms with E-state index in [9.17, 15) is 0 Å². The minimum absolute atomic E-state index is 0.155. The van der Waals surface area contributed by atoms with Crippen LogP contribution >= 0.6 is 0 Å². The number of hydrogen-bond donors (Lipinski definition) is 1. The Morgan fingerprint density at radius 3 is 2.90 bits per heavy atom. The van der Waals surface area contributed by atoms with Crippen LogP contribution in [0.25, 0.3) is 11.0 Å². The van der Waals surface area contributed by atoms with Crippen LogP contribution in [-0.2, 0) is 26.4 Å². The van der Waals surface area contributed by atoms with Gasteiger partial charge >= 0.3 is 0 Å². The second-order valence-electron chi connectivity index (χ2n) is 5.68. The van der Waals surface area contributed by atoms with E-state index in [0.717, 1.165) is 25.0 Å². The molecule has 3 rings (SSSR count). The fourth-order valence-electron chi connectivity index (χ4n) is 2.73. The number of aromatic nitrogens is 4. The predicted octanol–water partition coefficient (Wildman–Crippen LogP) is 1.90. The van der Waals surface area contributed by atoms with Crippen LogP contribution in [0.4, 0.5) is 0 Å². The summed E-state index contributed by atoms with van der Waals surface area (Å²) in [6.45, 7) is 2.94. The van der Waals surface area contributed by atoms with E-state index in [1.54, 1.807) is 0 Å². The fraction of sp³-hybridized carbons (Fsp3) is 0.375. The van der Waals surface area contributed by atoms with Crippen molar-refractivity contribution in [1.29, 1.82) is 0 Å². The fourth-order valence-corrected chi connectivity index (χ4v) is 2.73. The van der Waals surface area contributed by atoms with Gasteiger partial charge in [-0.2, -0.15) is 5.10 Å². The van der Waals surface area contributed by atoms with Gasteiger partial charge in [-0.3, -0.25) is 4.68 Å². The van der Waals surface area contributed by atoms with Gasteiger partial charge in [0.25, 0.3) is 0 Å². The number of nitrogens with two attached hydrogens (primary N) is 1. The first-order valence-electron chi connectivity index (χ1n) is 7.29. The van der Waals surface area contributed by atoms with E-state index in [1.165, 1.54) is 16.5 Å². The second kappa shape index (κ2) is 5.69. The molecule has 0 aromatic carbocycles. The van der Waals surface area contributed by atoms with Crippen molar-refractivity contribution < 1.29 is 0 Å². The summed E-state index contributed by atoms with van der Waals surface area (Å²) in [7, 11) is 1.94. The molecule has 0 saturated heterocycles. The molecule has 0 aliphatic heterocycles. The zero-order valence-corrected chi connectivity index (χ0v) is 12.5. The van der Waals surface area contributed by atoms with Crippen LogP contribution in [0.2, 0.25) is 0 Å². The van der Waals surface area contributed by atoms with E-state index >= 15 is 0 Å². The molecule has 110 valence electrons. The molecule has 2 N–H and O–H groups in total. The van der Waals surface area contributed by atoms with Crippen molar-refractivity contribution in [1.82, 2.24) is 19.3 Å². The number of nitrogens with zero attached hydrogens (tertiary/aromatic N) is 4. The minimum Gasteiger partial charge on any atom is -0.332 e. The first kappa shape index (κ1) is 13.8. The Labute approximate surface area is 124 Å². The van der Waals surface area contributed by atoms with E-state index in [1.807, 2.05) is 37.1 Å². The quantitative estimate of drug-likeness (QED) is 0.778. The van der Waals surface area contributed by atoms with Gasteiger partial charge in [0, 0.05) is 43.6 Å². The molecule has 0 bridgehead atoms. The molecule has 3 heterocycles. The summed E-state index contributed by atoms with van der Waals surface area (Å²) in [4.78, 5) is 4.53. The number of fused-ring (bicyclic) bond motifs is 1. The summed E-state index contributed by atoms with van der Waals surface area (Å²) < 4.78 is 4.06. The standard InChI is InChI=1S/C16H21N5/c1-12(17)8-14-11-21(16-15(14)4-3-6-18-16)7-5-13-9-19-20(2)10-13/h3-4,6,9-12H,5,7-8,17H2,1-2H3. The highest BCUT2D eigenvalue weighted by Crippen LogP contribution is 2.21. The van der Waals surface area contributed by atoms with E-state index in [4.69, 9.17) is 5.73 Å². The van der Waals surface area contributed by atoms with Gasteiger partial charge in [0.15, 0.2) is 0 Å². The highest BCUT2D eigenvalue weighted by molar-refractivity contribution is 5.80. The maximum atomic E-state index is 5.95. The Balaban J connectivity index is 1.87. The molecule has 5 nitrogen and oxygen atoms in total. The number of aryl methyl sites for hydroxylation is 3. The molecule has 0 fully saturated rings. The van der Waals surface area contributed by atoms with Gasteiger partial charge in [0.2, 0.25) is 0 Å². The average molecular weight is 283 g/mol. The molecule has 1 atom stereocenters. The summed E-state index contributed by atoms with van der Waals surface area (Å²) in [6.07, 6.45) is 9.84. The third kappa shape index (κ3) is 2.97. The van der Waals surface area contributed by atoms with Crippen LogP contribution in [0.15, 0.2) is 36.9 Å². The molecular weight excluding hydrogens is 262 g/mol. The Morgan fingerprint density at radius 1 is 1.33 bits per heavy atom. The first-order chi connectivity index (χ1) is 10.1. The zero-order chi connectivity index (χ0) is 14.8. The highest BCUT2D eigenvalue weighted by atomic mass is 15.2. The Kier molecular flexibility index (Phi) is 3.75. The third-order valence-corrected chi connectivity index (χ3v) is 3.66. The molecule has 0 saturated carbocycles. The molecule has 1 unspecified atom stereocenters. The molecule has 21 heavy (non-hydrogen) atoms. The van der Waals surface area contributed by atoms with Crippen molar-refractivity contribution in [2.24, 2.45) is 12.8 Å². The smallest absolute Gasteiger partial charge is 0.140 e. The van der Waals surface area contributed by atoms with Crippen molar-refractivity contribution >= 4 is 11.0 Å². The van der Waals surface area contributed by atoms with E-state index in [2.05, 4.69) is 33.1 Å². The summed E-state index contributed by atoms with van der Waals surface area (Å²) in [5, 5.41) is 5.42. The van der Waals surface area contributed by atoms with Crippen molar-refractivity contribution in [3.63, 3.8) is 0 Å². The van der Waals surface area contributed by atoms with E-state index < -0.39 is 0 Å². The van der Waals surface area contributed by atoms with Gasteiger partial charge in [-0.05, 0) is 43.0 Å². The number of pyridine rings is 1. The summed E-state index contributed by atoms with van der Waals surface area (Å²) >= 11 is 0. The lowest BCUT2D eigenvalue weighted by Gasteiger charge is -2.03. The van der Waals surface area contributed by atoms with E-state index in [0.29, 0.717) is 0 Å². The normalized spacial score (nSPS) is 12.9. The van der Waals surface area contributed by atoms with Crippen LogP contribution in [0, 0.1) is 0 Å². The van der Waals surface area contributed by atoms with Gasteiger partial charge in [0.05, 0.1) is 6.20 Å². The average Bonchev–Trinajstić information content (AvgIpc) is 3.01. The monoisotopic (exact) mass is 283 g/mol. The lowest BCUT2D eigenvalue weighted by molar-refractivity contribution is 0.701.